The number of carboxylic acids is 1. The molecular formula is C10H20N2O4S. The normalized spacial score (nSPS) is 25.7. The summed E-state index contributed by atoms with van der Waals surface area (Å²) in [4.78, 5) is 11.0. The molecule has 0 amide bonds. The molecule has 1 aliphatic rings. The fraction of sp³-hybridized carbons (Fsp3) is 0.900. The Labute approximate surface area is 102 Å². The van der Waals surface area contributed by atoms with Gasteiger partial charge in [-0.2, -0.15) is 13.1 Å². The van der Waals surface area contributed by atoms with E-state index in [4.69, 9.17) is 5.11 Å². The zero-order valence-corrected chi connectivity index (χ0v) is 10.8. The van der Waals surface area contributed by atoms with Gasteiger partial charge in [-0.25, -0.2) is 4.72 Å². The van der Waals surface area contributed by atoms with Crippen LogP contribution in [0.1, 0.15) is 39.0 Å². The third-order valence-corrected chi connectivity index (χ3v) is 4.13. The Bertz CT molecular complexity index is 355. The zero-order chi connectivity index (χ0) is 12.9. The average molecular weight is 264 g/mol. The molecule has 0 saturated heterocycles. The van der Waals surface area contributed by atoms with Crippen molar-refractivity contribution >= 4 is 16.2 Å². The minimum Gasteiger partial charge on any atom is -0.481 e. The zero-order valence-electron chi connectivity index (χ0n) is 9.98. The average Bonchev–Trinajstić information content (AvgIpc) is 2.26. The summed E-state index contributed by atoms with van der Waals surface area (Å²) in [5, 5.41) is 9.03. The molecule has 17 heavy (non-hydrogen) atoms. The molecule has 0 spiro atoms. The van der Waals surface area contributed by atoms with Crippen molar-refractivity contribution in [1.29, 1.82) is 0 Å². The highest BCUT2D eigenvalue weighted by Crippen LogP contribution is 2.24. The Balaban J connectivity index is 2.61. The molecule has 2 unspecified atom stereocenters. The Morgan fingerprint density at radius 2 is 2.00 bits per heavy atom. The van der Waals surface area contributed by atoms with Crippen LogP contribution < -0.4 is 9.44 Å². The molecule has 1 aliphatic carbocycles. The van der Waals surface area contributed by atoms with Crippen LogP contribution in [-0.2, 0) is 15.0 Å². The first-order chi connectivity index (χ1) is 7.96. The monoisotopic (exact) mass is 264 g/mol. The van der Waals surface area contributed by atoms with Crippen molar-refractivity contribution in [2.45, 2.75) is 45.1 Å². The maximum atomic E-state index is 11.6. The van der Waals surface area contributed by atoms with E-state index >= 15 is 0 Å². The fourth-order valence-electron chi connectivity index (χ4n) is 2.04. The van der Waals surface area contributed by atoms with Crippen LogP contribution >= 0.6 is 0 Å². The van der Waals surface area contributed by atoms with Gasteiger partial charge in [0, 0.05) is 12.6 Å². The van der Waals surface area contributed by atoms with Crippen LogP contribution in [-0.4, -0.2) is 32.1 Å². The Hall–Kier alpha value is -0.660. The van der Waals surface area contributed by atoms with Gasteiger partial charge in [-0.1, -0.05) is 19.8 Å². The van der Waals surface area contributed by atoms with Crippen LogP contribution in [0.5, 0.6) is 0 Å². The predicted octanol–water partition coefficient (Wildman–Crippen LogP) is 0.464. The summed E-state index contributed by atoms with van der Waals surface area (Å²) in [6.45, 7) is 2.23. The molecule has 100 valence electrons. The highest BCUT2D eigenvalue weighted by atomic mass is 32.2. The lowest BCUT2D eigenvalue weighted by atomic mass is 9.85. The molecule has 0 aromatic carbocycles. The second-order valence-electron chi connectivity index (χ2n) is 4.35. The van der Waals surface area contributed by atoms with Gasteiger partial charge in [-0.05, 0) is 19.3 Å². The summed E-state index contributed by atoms with van der Waals surface area (Å²) < 4.78 is 28.0. The number of hydrogen-bond donors (Lipinski definition) is 3. The number of carboxylic acid groups (broad SMARTS) is 1. The lowest BCUT2D eigenvalue weighted by Crippen LogP contribution is -2.49. The first-order valence-corrected chi connectivity index (χ1v) is 7.44. The topological polar surface area (TPSA) is 95.5 Å². The molecule has 0 bridgehead atoms. The molecule has 3 N–H and O–H groups in total. The number of nitrogens with one attached hydrogen (secondary N) is 2. The minimum atomic E-state index is -3.57. The van der Waals surface area contributed by atoms with Crippen LogP contribution in [0.2, 0.25) is 0 Å². The van der Waals surface area contributed by atoms with Crippen molar-refractivity contribution < 1.29 is 18.3 Å². The smallest absolute Gasteiger partial charge is 0.308 e. The summed E-state index contributed by atoms with van der Waals surface area (Å²) >= 11 is 0. The quantitative estimate of drug-likeness (QED) is 0.649. The highest BCUT2D eigenvalue weighted by Gasteiger charge is 2.33. The van der Waals surface area contributed by atoms with Gasteiger partial charge in [0.1, 0.15) is 0 Å². The molecule has 7 heteroatoms. The van der Waals surface area contributed by atoms with Gasteiger partial charge >= 0.3 is 5.97 Å². The van der Waals surface area contributed by atoms with Crippen LogP contribution in [0.15, 0.2) is 0 Å². The molecule has 6 nitrogen and oxygen atoms in total. The van der Waals surface area contributed by atoms with E-state index in [9.17, 15) is 13.2 Å². The third kappa shape index (κ3) is 4.61. The van der Waals surface area contributed by atoms with Crippen molar-refractivity contribution in [2.24, 2.45) is 5.92 Å². The van der Waals surface area contributed by atoms with Gasteiger partial charge in [0.15, 0.2) is 0 Å². The third-order valence-electron chi connectivity index (χ3n) is 2.93. The molecular weight excluding hydrogens is 244 g/mol. The number of rotatable bonds is 6. The van der Waals surface area contributed by atoms with Crippen LogP contribution in [0.4, 0.5) is 0 Å². The molecule has 2 atom stereocenters. The second-order valence-corrected chi connectivity index (χ2v) is 5.88. The van der Waals surface area contributed by atoms with E-state index in [0.29, 0.717) is 25.8 Å². The molecule has 1 fully saturated rings. The van der Waals surface area contributed by atoms with Gasteiger partial charge in [-0.3, -0.25) is 4.79 Å². The maximum Gasteiger partial charge on any atom is 0.308 e. The number of carbonyl (C=O) groups is 1. The lowest BCUT2D eigenvalue weighted by molar-refractivity contribution is -0.143. The number of aliphatic carboxylic acids is 1. The Morgan fingerprint density at radius 1 is 1.35 bits per heavy atom. The SMILES string of the molecule is CCCNS(=O)(=O)NC1CCCCC1C(=O)O. The Morgan fingerprint density at radius 3 is 2.59 bits per heavy atom. The van der Waals surface area contributed by atoms with E-state index in [1.807, 2.05) is 6.92 Å². The molecule has 0 aromatic rings. The van der Waals surface area contributed by atoms with E-state index in [1.165, 1.54) is 0 Å². The summed E-state index contributed by atoms with van der Waals surface area (Å²) in [6.07, 6.45) is 3.54. The van der Waals surface area contributed by atoms with Crippen LogP contribution in [0, 0.1) is 5.92 Å². The Kier molecular flexibility index (Phi) is 5.35. The summed E-state index contributed by atoms with van der Waals surface area (Å²) in [5.74, 6) is -1.53. The van der Waals surface area contributed by atoms with Crippen LogP contribution in [0.25, 0.3) is 0 Å². The molecule has 0 heterocycles. The standard InChI is InChI=1S/C10H20N2O4S/c1-2-7-11-17(15,16)12-9-6-4-3-5-8(9)10(13)14/h8-9,11-12H,2-7H2,1H3,(H,13,14). The lowest BCUT2D eigenvalue weighted by Gasteiger charge is -2.28. The molecule has 0 aliphatic heterocycles. The van der Waals surface area contributed by atoms with Gasteiger partial charge in [0.05, 0.1) is 5.92 Å². The van der Waals surface area contributed by atoms with Gasteiger partial charge in [0.2, 0.25) is 0 Å². The van der Waals surface area contributed by atoms with Crippen molar-refractivity contribution in [3.8, 4) is 0 Å². The highest BCUT2D eigenvalue weighted by molar-refractivity contribution is 7.87. The number of hydrogen-bond acceptors (Lipinski definition) is 3. The maximum absolute atomic E-state index is 11.6. The molecule has 1 rings (SSSR count). The van der Waals surface area contributed by atoms with E-state index in [2.05, 4.69) is 9.44 Å². The fourth-order valence-corrected chi connectivity index (χ4v) is 3.28. The first-order valence-electron chi connectivity index (χ1n) is 5.96. The summed E-state index contributed by atoms with van der Waals surface area (Å²) in [7, 11) is -3.57. The van der Waals surface area contributed by atoms with Gasteiger partial charge < -0.3 is 5.11 Å². The predicted molar refractivity (Wildman–Crippen MR) is 63.7 cm³/mol. The second kappa shape index (κ2) is 6.32. The van der Waals surface area contributed by atoms with Crippen molar-refractivity contribution in [3.63, 3.8) is 0 Å². The van der Waals surface area contributed by atoms with Crippen molar-refractivity contribution in [3.05, 3.63) is 0 Å². The summed E-state index contributed by atoms with van der Waals surface area (Å²) in [6, 6.07) is -0.490. The van der Waals surface area contributed by atoms with Gasteiger partial charge in [-0.15, -0.1) is 0 Å². The van der Waals surface area contributed by atoms with Gasteiger partial charge in [0.25, 0.3) is 10.2 Å². The first kappa shape index (κ1) is 14.4. The molecule has 0 radical (unpaired) electrons. The van der Waals surface area contributed by atoms with E-state index in [0.717, 1.165) is 12.8 Å². The minimum absolute atomic E-state index is 0.361. The molecule has 0 aromatic heterocycles. The summed E-state index contributed by atoms with van der Waals surface area (Å²) in [5.41, 5.74) is 0. The van der Waals surface area contributed by atoms with Crippen molar-refractivity contribution in [1.82, 2.24) is 9.44 Å². The van der Waals surface area contributed by atoms with E-state index < -0.39 is 28.1 Å². The largest absolute Gasteiger partial charge is 0.481 e. The van der Waals surface area contributed by atoms with Crippen molar-refractivity contribution in [2.75, 3.05) is 6.54 Å². The molecule has 1 saturated carbocycles. The van der Waals surface area contributed by atoms with E-state index in [1.54, 1.807) is 0 Å². The van der Waals surface area contributed by atoms with Crippen LogP contribution in [0.3, 0.4) is 0 Å². The van der Waals surface area contributed by atoms with E-state index in [-0.39, 0.29) is 0 Å².